The first-order valence-electron chi connectivity index (χ1n) is 10.5. The molecule has 4 aromatic heterocycles. The van der Waals surface area contributed by atoms with E-state index in [4.69, 9.17) is 19.7 Å². The van der Waals surface area contributed by atoms with Gasteiger partial charge < -0.3 is 24.6 Å². The minimum atomic E-state index is 0.256. The molecule has 4 aromatic rings. The van der Waals surface area contributed by atoms with Crippen LogP contribution < -0.4 is 5.73 Å². The van der Waals surface area contributed by atoms with Crippen LogP contribution in [0.2, 0.25) is 0 Å². The van der Waals surface area contributed by atoms with Gasteiger partial charge in [0.15, 0.2) is 17.1 Å². The van der Waals surface area contributed by atoms with E-state index < -0.39 is 0 Å². The zero-order valence-electron chi connectivity index (χ0n) is 17.8. The second-order valence-corrected chi connectivity index (χ2v) is 7.55. The highest BCUT2D eigenvalue weighted by Gasteiger charge is 2.19. The van der Waals surface area contributed by atoms with E-state index in [1.165, 1.54) is 4.52 Å². The van der Waals surface area contributed by atoms with Gasteiger partial charge in [0.05, 0.1) is 36.7 Å². The molecule has 2 N–H and O–H groups in total. The van der Waals surface area contributed by atoms with E-state index >= 15 is 0 Å². The first kappa shape index (κ1) is 20.4. The largest absolute Gasteiger partial charge is 0.461 e. The van der Waals surface area contributed by atoms with Crippen LogP contribution in [0.15, 0.2) is 34.2 Å². The van der Waals surface area contributed by atoms with Crippen molar-refractivity contribution in [2.45, 2.75) is 19.4 Å². The fourth-order valence-electron chi connectivity index (χ4n) is 3.75. The summed E-state index contributed by atoms with van der Waals surface area (Å²) in [5.74, 6) is 1.29. The van der Waals surface area contributed by atoms with E-state index in [-0.39, 0.29) is 5.95 Å². The number of ether oxygens (including phenoxy) is 1. The summed E-state index contributed by atoms with van der Waals surface area (Å²) in [6.07, 6.45) is 5.14. The molecular weight excluding hydrogens is 414 g/mol. The molecule has 0 amide bonds. The van der Waals surface area contributed by atoms with Crippen molar-refractivity contribution in [2.24, 2.45) is 5.16 Å². The molecule has 5 heterocycles. The molecule has 12 nitrogen and oxygen atoms in total. The van der Waals surface area contributed by atoms with Crippen molar-refractivity contribution >= 4 is 28.3 Å². The molecule has 0 radical (unpaired) electrons. The second-order valence-electron chi connectivity index (χ2n) is 7.55. The van der Waals surface area contributed by atoms with E-state index in [9.17, 15) is 0 Å². The number of anilines is 1. The summed E-state index contributed by atoms with van der Waals surface area (Å²) in [5, 5.41) is 14.0. The van der Waals surface area contributed by atoms with Crippen molar-refractivity contribution in [3.8, 4) is 11.6 Å². The number of hydrogen-bond donors (Lipinski definition) is 1. The number of likely N-dealkylation sites (tertiary alicyclic amines) is 1. The minimum Gasteiger partial charge on any atom is -0.461 e. The number of piperidine rings is 1. The Morgan fingerprint density at radius 2 is 2.03 bits per heavy atom. The number of hydrogen-bond acceptors (Lipinski definition) is 10. The Morgan fingerprint density at radius 3 is 2.81 bits per heavy atom. The Hall–Kier alpha value is -3.51. The third kappa shape index (κ3) is 4.01. The van der Waals surface area contributed by atoms with Gasteiger partial charge in [-0.15, -0.1) is 5.10 Å². The first-order valence-corrected chi connectivity index (χ1v) is 10.5. The van der Waals surface area contributed by atoms with Crippen LogP contribution in [-0.2, 0) is 16.1 Å². The Bertz CT molecular complexity index is 1220. The predicted octanol–water partition coefficient (Wildman–Crippen LogP) is 1.43. The molecule has 1 aliphatic heterocycles. The molecule has 0 atom stereocenters. The maximum Gasteiger partial charge on any atom is 0.225 e. The zero-order valence-corrected chi connectivity index (χ0v) is 17.8. The van der Waals surface area contributed by atoms with Crippen LogP contribution in [0.1, 0.15) is 12.8 Å². The van der Waals surface area contributed by atoms with Crippen LogP contribution in [-0.4, -0.2) is 79.9 Å². The van der Waals surface area contributed by atoms with E-state index in [2.05, 4.69) is 30.2 Å². The number of nitrogens with two attached hydrogens (primary N) is 1. The Kier molecular flexibility index (Phi) is 5.69. The summed E-state index contributed by atoms with van der Waals surface area (Å²) in [6, 6.07) is 3.60. The number of fused-ring (bicyclic) bond motifs is 3. The molecule has 1 fully saturated rings. The number of oxime groups is 1. The van der Waals surface area contributed by atoms with Crippen LogP contribution >= 0.6 is 0 Å². The monoisotopic (exact) mass is 439 g/mol. The quantitative estimate of drug-likeness (QED) is 0.319. The average Bonchev–Trinajstić information content (AvgIpc) is 3.55. The summed E-state index contributed by atoms with van der Waals surface area (Å²) in [6.45, 7) is 4.44. The third-order valence-corrected chi connectivity index (χ3v) is 5.47. The lowest BCUT2D eigenvalue weighted by atomic mass is 10.1. The van der Waals surface area contributed by atoms with Gasteiger partial charge in [0.2, 0.25) is 11.8 Å². The molecule has 1 aliphatic rings. The maximum absolute atomic E-state index is 6.16. The first-order chi connectivity index (χ1) is 15.7. The fraction of sp³-hybridized carbons (Fsp3) is 0.450. The molecule has 0 aromatic carbocycles. The smallest absolute Gasteiger partial charge is 0.225 e. The van der Waals surface area contributed by atoms with Crippen molar-refractivity contribution < 1.29 is 14.0 Å². The lowest BCUT2D eigenvalue weighted by Crippen LogP contribution is -2.36. The van der Waals surface area contributed by atoms with Gasteiger partial charge in [-0.3, -0.25) is 0 Å². The van der Waals surface area contributed by atoms with Gasteiger partial charge in [0.1, 0.15) is 6.61 Å². The number of rotatable bonds is 8. The van der Waals surface area contributed by atoms with Crippen molar-refractivity contribution in [3.63, 3.8) is 0 Å². The standard InChI is InChI=1S/C20H25N9O3/c1-30-11-12-32-26-14-4-6-27(7-5-14)8-9-28-18-15(13-22-28)19-23-17(16-3-2-10-31-16)25-29(19)20(21)24-18/h2-3,10,13H,4-9,11-12H2,1H3,(H2,21,24). The fourth-order valence-corrected chi connectivity index (χ4v) is 3.75. The van der Waals surface area contributed by atoms with Gasteiger partial charge >= 0.3 is 0 Å². The number of nitrogen functional groups attached to an aromatic ring is 1. The lowest BCUT2D eigenvalue weighted by molar-refractivity contribution is 0.0737. The SMILES string of the molecule is COCCON=C1CCN(CCn2ncc3c2nc(N)n2nc(-c4ccco4)nc32)CC1. The van der Waals surface area contributed by atoms with Gasteiger partial charge in [-0.25, -0.2) is 9.67 Å². The summed E-state index contributed by atoms with van der Waals surface area (Å²) in [4.78, 5) is 16.8. The van der Waals surface area contributed by atoms with Crippen LogP contribution in [0.4, 0.5) is 5.95 Å². The van der Waals surface area contributed by atoms with Crippen molar-refractivity contribution in [1.29, 1.82) is 0 Å². The zero-order chi connectivity index (χ0) is 21.9. The molecule has 0 spiro atoms. The number of aromatic nitrogens is 6. The van der Waals surface area contributed by atoms with E-state index in [1.54, 1.807) is 31.7 Å². The Balaban J connectivity index is 1.27. The summed E-state index contributed by atoms with van der Waals surface area (Å²) in [7, 11) is 1.65. The summed E-state index contributed by atoms with van der Waals surface area (Å²) >= 11 is 0. The number of methoxy groups -OCH3 is 1. The van der Waals surface area contributed by atoms with E-state index in [0.29, 0.717) is 42.6 Å². The molecule has 0 aliphatic carbocycles. The van der Waals surface area contributed by atoms with E-state index in [1.807, 2.05) is 4.68 Å². The Labute approximate surface area is 183 Å². The predicted molar refractivity (Wildman–Crippen MR) is 117 cm³/mol. The van der Waals surface area contributed by atoms with Crippen molar-refractivity contribution in [3.05, 3.63) is 24.6 Å². The molecule has 0 bridgehead atoms. The van der Waals surface area contributed by atoms with Crippen LogP contribution in [0.3, 0.4) is 0 Å². The molecule has 168 valence electrons. The van der Waals surface area contributed by atoms with Gasteiger partial charge in [-0.05, 0) is 12.1 Å². The number of furan rings is 1. The summed E-state index contributed by atoms with van der Waals surface area (Å²) in [5.41, 5.74) is 8.56. The highest BCUT2D eigenvalue weighted by atomic mass is 16.6. The average molecular weight is 439 g/mol. The highest BCUT2D eigenvalue weighted by Crippen LogP contribution is 2.23. The summed E-state index contributed by atoms with van der Waals surface area (Å²) < 4.78 is 13.7. The highest BCUT2D eigenvalue weighted by molar-refractivity contribution is 5.90. The number of nitrogens with zero attached hydrogens (tertiary/aromatic N) is 8. The van der Waals surface area contributed by atoms with Crippen LogP contribution in [0, 0.1) is 0 Å². The molecule has 32 heavy (non-hydrogen) atoms. The second kappa shape index (κ2) is 8.93. The molecule has 12 heteroatoms. The molecule has 1 saturated heterocycles. The van der Waals surface area contributed by atoms with Gasteiger partial charge in [-0.1, -0.05) is 5.16 Å². The molecule has 5 rings (SSSR count). The minimum absolute atomic E-state index is 0.256. The lowest BCUT2D eigenvalue weighted by Gasteiger charge is -2.27. The molecular formula is C20H25N9O3. The van der Waals surface area contributed by atoms with Crippen molar-refractivity contribution in [2.75, 3.05) is 45.7 Å². The Morgan fingerprint density at radius 1 is 1.16 bits per heavy atom. The van der Waals surface area contributed by atoms with Gasteiger partial charge in [0.25, 0.3) is 0 Å². The maximum atomic E-state index is 6.16. The normalized spacial score (nSPS) is 15.1. The van der Waals surface area contributed by atoms with Gasteiger partial charge in [-0.2, -0.15) is 14.6 Å². The third-order valence-electron chi connectivity index (χ3n) is 5.47. The molecule has 0 unspecified atom stereocenters. The van der Waals surface area contributed by atoms with Crippen LogP contribution in [0.5, 0.6) is 0 Å². The topological polar surface area (TPSA) is 134 Å². The molecule has 0 saturated carbocycles. The van der Waals surface area contributed by atoms with E-state index in [0.717, 1.165) is 43.6 Å². The van der Waals surface area contributed by atoms with Crippen LogP contribution in [0.25, 0.3) is 28.3 Å². The van der Waals surface area contributed by atoms with Crippen molar-refractivity contribution in [1.82, 2.24) is 34.3 Å². The van der Waals surface area contributed by atoms with Gasteiger partial charge in [0, 0.05) is 39.6 Å².